The largest absolute Gasteiger partial charge is 0.0499 e. The first-order valence-electron chi connectivity index (χ1n) is 3.80. The van der Waals surface area contributed by atoms with E-state index < -0.39 is 0 Å². The Morgan fingerprint density at radius 1 is 1.00 bits per heavy atom. The first-order chi connectivity index (χ1) is 3.95. The van der Waals surface area contributed by atoms with Crippen molar-refractivity contribution in [3.63, 3.8) is 0 Å². The van der Waals surface area contributed by atoms with E-state index in [0.717, 1.165) is 23.7 Å². The zero-order chi connectivity index (χ0) is 5.14. The Hall–Kier alpha value is 0. The van der Waals surface area contributed by atoms with Gasteiger partial charge in [0.25, 0.3) is 0 Å². The Morgan fingerprint density at radius 3 is 2.00 bits per heavy atom. The normalized spacial score (nSPS) is 66.0. The molecule has 0 aromatic rings. The van der Waals surface area contributed by atoms with Crippen molar-refractivity contribution >= 4 is 0 Å². The van der Waals surface area contributed by atoms with Gasteiger partial charge in [0, 0.05) is 0 Å². The first kappa shape index (κ1) is 3.92. The topological polar surface area (TPSA) is 0 Å². The van der Waals surface area contributed by atoms with Gasteiger partial charge in [0.1, 0.15) is 0 Å². The number of rotatable bonds is 0. The standard InChI is InChI=1S/C8H11/c1-2-6-3-5(1)7-4-8(6)7/h4-8H,1-3H2. The molecule has 3 rings (SSSR count). The molecule has 3 fully saturated rings. The van der Waals surface area contributed by atoms with Crippen LogP contribution in [0.15, 0.2) is 0 Å². The van der Waals surface area contributed by atoms with Crippen LogP contribution in [-0.4, -0.2) is 0 Å². The lowest BCUT2D eigenvalue weighted by Gasteiger charge is -2.04. The summed E-state index contributed by atoms with van der Waals surface area (Å²) in [4.78, 5) is 0. The van der Waals surface area contributed by atoms with Gasteiger partial charge in [-0.1, -0.05) is 0 Å². The van der Waals surface area contributed by atoms with Crippen LogP contribution in [-0.2, 0) is 0 Å². The average molecular weight is 107 g/mol. The molecule has 0 heteroatoms. The van der Waals surface area contributed by atoms with Gasteiger partial charge in [-0.15, -0.1) is 0 Å². The van der Waals surface area contributed by atoms with E-state index in [-0.39, 0.29) is 0 Å². The Bertz CT molecular complexity index is 114. The molecule has 0 aliphatic heterocycles. The molecule has 0 spiro atoms. The third-order valence-corrected chi connectivity index (χ3v) is 3.35. The third kappa shape index (κ3) is 0.284. The molecule has 4 atom stereocenters. The summed E-state index contributed by atoms with van der Waals surface area (Å²) in [6.45, 7) is 0. The zero-order valence-corrected chi connectivity index (χ0v) is 5.01. The van der Waals surface area contributed by atoms with Gasteiger partial charge in [-0.05, 0) is 49.4 Å². The molecule has 0 saturated heterocycles. The molecule has 3 aliphatic rings. The van der Waals surface area contributed by atoms with Crippen molar-refractivity contribution in [2.24, 2.45) is 23.7 Å². The van der Waals surface area contributed by atoms with E-state index in [1.54, 1.807) is 19.3 Å². The van der Waals surface area contributed by atoms with E-state index >= 15 is 0 Å². The van der Waals surface area contributed by atoms with Gasteiger partial charge in [0.2, 0.25) is 0 Å². The number of fused-ring (bicyclic) bond motifs is 5. The number of hydrogen-bond donors (Lipinski definition) is 0. The molecule has 3 saturated carbocycles. The molecule has 3 aliphatic carbocycles. The summed E-state index contributed by atoms with van der Waals surface area (Å²) in [5.41, 5.74) is 0. The minimum atomic E-state index is 1.12. The van der Waals surface area contributed by atoms with Crippen molar-refractivity contribution in [1.29, 1.82) is 0 Å². The van der Waals surface area contributed by atoms with Gasteiger partial charge in [-0.2, -0.15) is 0 Å². The summed E-state index contributed by atoms with van der Waals surface area (Å²) in [6.07, 6.45) is 7.28. The molecule has 1 radical (unpaired) electrons. The molecule has 0 heterocycles. The lowest BCUT2D eigenvalue weighted by molar-refractivity contribution is 0.456. The van der Waals surface area contributed by atoms with E-state index in [2.05, 4.69) is 6.42 Å². The van der Waals surface area contributed by atoms with Crippen LogP contribution >= 0.6 is 0 Å². The van der Waals surface area contributed by atoms with E-state index in [9.17, 15) is 0 Å². The van der Waals surface area contributed by atoms with Gasteiger partial charge < -0.3 is 0 Å². The van der Waals surface area contributed by atoms with E-state index in [1.807, 2.05) is 0 Å². The van der Waals surface area contributed by atoms with Crippen LogP contribution < -0.4 is 0 Å². The number of hydrogen-bond acceptors (Lipinski definition) is 0. The van der Waals surface area contributed by atoms with Crippen LogP contribution in [0, 0.1) is 30.1 Å². The Morgan fingerprint density at radius 2 is 1.62 bits per heavy atom. The predicted octanol–water partition coefficient (Wildman–Crippen LogP) is 1.87. The second-order valence-electron chi connectivity index (χ2n) is 3.68. The van der Waals surface area contributed by atoms with Gasteiger partial charge >= 0.3 is 0 Å². The highest BCUT2D eigenvalue weighted by Crippen LogP contribution is 2.64. The summed E-state index contributed by atoms with van der Waals surface area (Å²) in [7, 11) is 0. The molecular weight excluding hydrogens is 96.1 g/mol. The highest BCUT2D eigenvalue weighted by molar-refractivity contribution is 5.18. The SMILES string of the molecule is [CH]1C2C3CCC(C3)C12. The second-order valence-corrected chi connectivity index (χ2v) is 3.68. The van der Waals surface area contributed by atoms with Gasteiger partial charge in [-0.25, -0.2) is 0 Å². The minimum absolute atomic E-state index is 1.12. The van der Waals surface area contributed by atoms with Crippen molar-refractivity contribution in [3.8, 4) is 0 Å². The third-order valence-electron chi connectivity index (χ3n) is 3.35. The van der Waals surface area contributed by atoms with Crippen molar-refractivity contribution < 1.29 is 0 Å². The summed E-state index contributed by atoms with van der Waals surface area (Å²) in [5, 5.41) is 0. The van der Waals surface area contributed by atoms with E-state index in [1.165, 1.54) is 0 Å². The minimum Gasteiger partial charge on any atom is -0.0499 e. The predicted molar refractivity (Wildman–Crippen MR) is 32.1 cm³/mol. The second kappa shape index (κ2) is 0.984. The molecular formula is C8H11. The molecule has 0 aromatic carbocycles. The quantitative estimate of drug-likeness (QED) is 0.443. The summed E-state index contributed by atoms with van der Waals surface area (Å²) < 4.78 is 0. The van der Waals surface area contributed by atoms with Crippen LogP contribution in [0.3, 0.4) is 0 Å². The lowest BCUT2D eigenvalue weighted by Crippen LogP contribution is -1.95. The molecule has 4 unspecified atom stereocenters. The Balaban J connectivity index is 2.02. The van der Waals surface area contributed by atoms with Gasteiger partial charge in [0.05, 0.1) is 0 Å². The summed E-state index contributed by atoms with van der Waals surface area (Å²) >= 11 is 0. The van der Waals surface area contributed by atoms with E-state index in [4.69, 9.17) is 0 Å². The fourth-order valence-corrected chi connectivity index (χ4v) is 2.89. The Kier molecular flexibility index (Phi) is 0.482. The summed E-state index contributed by atoms with van der Waals surface area (Å²) in [5.74, 6) is 4.55. The van der Waals surface area contributed by atoms with Crippen molar-refractivity contribution in [2.45, 2.75) is 19.3 Å². The fourth-order valence-electron chi connectivity index (χ4n) is 2.89. The summed E-state index contributed by atoms with van der Waals surface area (Å²) in [6, 6.07) is 0. The fraction of sp³-hybridized carbons (Fsp3) is 0.875. The molecule has 8 heavy (non-hydrogen) atoms. The van der Waals surface area contributed by atoms with E-state index in [0.29, 0.717) is 0 Å². The van der Waals surface area contributed by atoms with Crippen molar-refractivity contribution in [2.75, 3.05) is 0 Å². The highest BCUT2D eigenvalue weighted by atomic mass is 14.6. The molecule has 43 valence electrons. The van der Waals surface area contributed by atoms with Crippen molar-refractivity contribution in [1.82, 2.24) is 0 Å². The monoisotopic (exact) mass is 107 g/mol. The molecule has 2 bridgehead atoms. The molecule has 0 aromatic heterocycles. The van der Waals surface area contributed by atoms with Gasteiger partial charge in [0.15, 0.2) is 0 Å². The lowest BCUT2D eigenvalue weighted by atomic mass is 10.0. The maximum absolute atomic E-state index is 2.58. The first-order valence-corrected chi connectivity index (χ1v) is 3.80. The average Bonchev–Trinajstić information content (AvgIpc) is 2.39. The maximum Gasteiger partial charge on any atom is -0.0312 e. The van der Waals surface area contributed by atoms with Crippen LogP contribution in [0.5, 0.6) is 0 Å². The highest BCUT2D eigenvalue weighted by Gasteiger charge is 2.57. The van der Waals surface area contributed by atoms with Crippen LogP contribution in [0.25, 0.3) is 0 Å². The molecule has 0 N–H and O–H groups in total. The van der Waals surface area contributed by atoms with Crippen LogP contribution in [0.2, 0.25) is 0 Å². The van der Waals surface area contributed by atoms with Crippen molar-refractivity contribution in [3.05, 3.63) is 6.42 Å². The van der Waals surface area contributed by atoms with Crippen LogP contribution in [0.4, 0.5) is 0 Å². The smallest absolute Gasteiger partial charge is 0.0312 e. The van der Waals surface area contributed by atoms with Gasteiger partial charge in [-0.3, -0.25) is 0 Å². The van der Waals surface area contributed by atoms with Crippen LogP contribution in [0.1, 0.15) is 19.3 Å². The zero-order valence-electron chi connectivity index (χ0n) is 5.01. The maximum atomic E-state index is 2.58. The Labute approximate surface area is 50.3 Å². The molecule has 0 amide bonds. The molecule has 0 nitrogen and oxygen atoms in total.